The van der Waals surface area contributed by atoms with E-state index in [1.165, 1.54) is 0 Å². The fraction of sp³-hybridized carbons (Fsp3) is 0.500. The Morgan fingerprint density at radius 1 is 1.40 bits per heavy atom. The van der Waals surface area contributed by atoms with Gasteiger partial charge in [0, 0.05) is 25.8 Å². The largest absolute Gasteiger partial charge is 0.492 e. The molecule has 0 bridgehead atoms. The molecule has 0 amide bonds. The van der Waals surface area contributed by atoms with E-state index < -0.39 is 6.10 Å². The summed E-state index contributed by atoms with van der Waals surface area (Å²) >= 11 is 0. The van der Waals surface area contributed by atoms with Crippen LogP contribution in [0.15, 0.2) is 24.3 Å². The number of amidine groups is 1. The van der Waals surface area contributed by atoms with E-state index >= 15 is 0 Å². The minimum atomic E-state index is -0.486. The van der Waals surface area contributed by atoms with Gasteiger partial charge in [-0.3, -0.25) is 5.41 Å². The first kappa shape index (κ1) is 16.4. The Kier molecular flexibility index (Phi) is 7.00. The highest BCUT2D eigenvalue weighted by molar-refractivity contribution is 5.94. The third-order valence-corrected chi connectivity index (χ3v) is 2.79. The molecule has 1 aromatic rings. The molecule has 0 aliphatic rings. The van der Waals surface area contributed by atoms with Crippen LogP contribution in [0, 0.1) is 5.41 Å². The van der Waals surface area contributed by atoms with Crippen LogP contribution in [0.5, 0.6) is 5.75 Å². The Hall–Kier alpha value is -1.63. The highest BCUT2D eigenvalue weighted by Gasteiger charge is 2.07. The first-order valence-corrected chi connectivity index (χ1v) is 6.45. The van der Waals surface area contributed by atoms with Crippen molar-refractivity contribution in [2.45, 2.75) is 6.10 Å². The molecular weight excluding hydrogens is 258 g/mol. The summed E-state index contributed by atoms with van der Waals surface area (Å²) in [6.45, 7) is 2.10. The topological polar surface area (TPSA) is 91.8 Å². The van der Waals surface area contributed by atoms with Crippen LogP contribution in [0.4, 0.5) is 0 Å². The van der Waals surface area contributed by atoms with Crippen LogP contribution in [0.25, 0.3) is 0 Å². The van der Waals surface area contributed by atoms with Crippen molar-refractivity contribution in [3.63, 3.8) is 0 Å². The maximum absolute atomic E-state index is 9.58. The predicted molar refractivity (Wildman–Crippen MR) is 78.3 cm³/mol. The van der Waals surface area contributed by atoms with Crippen molar-refractivity contribution < 1.29 is 14.6 Å². The van der Waals surface area contributed by atoms with Gasteiger partial charge in [0.2, 0.25) is 0 Å². The average molecular weight is 281 g/mol. The van der Waals surface area contributed by atoms with Crippen molar-refractivity contribution in [3.05, 3.63) is 29.8 Å². The molecule has 0 radical (unpaired) electrons. The van der Waals surface area contributed by atoms with E-state index in [0.29, 0.717) is 31.9 Å². The van der Waals surface area contributed by atoms with Gasteiger partial charge in [0.05, 0.1) is 12.7 Å². The average Bonchev–Trinajstić information content (AvgIpc) is 2.39. The van der Waals surface area contributed by atoms with Gasteiger partial charge < -0.3 is 25.2 Å². The smallest absolute Gasteiger partial charge is 0.122 e. The van der Waals surface area contributed by atoms with Gasteiger partial charge in [0.25, 0.3) is 0 Å². The van der Waals surface area contributed by atoms with E-state index in [1.807, 2.05) is 11.9 Å². The standard InChI is InChI=1S/C14H23N3O3/c1-17(9-12(18)10-19-2)7-8-20-13-5-3-11(4-6-13)14(15)16/h3-6,12,18H,7-10H2,1-2H3,(H3,15,16). The van der Waals surface area contributed by atoms with Gasteiger partial charge in [0.1, 0.15) is 18.2 Å². The molecule has 0 aliphatic heterocycles. The second-order valence-electron chi connectivity index (χ2n) is 4.66. The summed E-state index contributed by atoms with van der Waals surface area (Å²) in [5.74, 6) is 0.782. The van der Waals surface area contributed by atoms with Crippen LogP contribution in [-0.2, 0) is 4.74 Å². The molecule has 6 heteroatoms. The first-order valence-electron chi connectivity index (χ1n) is 6.45. The molecule has 6 nitrogen and oxygen atoms in total. The van der Waals surface area contributed by atoms with Crippen molar-refractivity contribution in [1.82, 2.24) is 4.90 Å². The number of nitrogen functional groups attached to an aromatic ring is 1. The predicted octanol–water partition coefficient (Wildman–Crippen LogP) is 0.289. The summed E-state index contributed by atoms with van der Waals surface area (Å²) in [5, 5.41) is 16.9. The molecule has 0 heterocycles. The Balaban J connectivity index is 2.28. The molecule has 112 valence electrons. The van der Waals surface area contributed by atoms with Gasteiger partial charge in [-0.1, -0.05) is 0 Å². The molecule has 1 atom stereocenters. The van der Waals surface area contributed by atoms with E-state index in [1.54, 1.807) is 31.4 Å². The Bertz CT molecular complexity index is 409. The van der Waals surface area contributed by atoms with Gasteiger partial charge in [-0.05, 0) is 31.3 Å². The summed E-state index contributed by atoms with van der Waals surface area (Å²) in [6, 6.07) is 7.08. The van der Waals surface area contributed by atoms with Crippen molar-refractivity contribution in [1.29, 1.82) is 5.41 Å². The number of methoxy groups -OCH3 is 1. The molecule has 1 unspecified atom stereocenters. The number of likely N-dealkylation sites (N-methyl/N-ethyl adjacent to an activating group) is 1. The van der Waals surface area contributed by atoms with Crippen molar-refractivity contribution >= 4 is 5.84 Å². The Labute approximate surface area is 119 Å². The van der Waals surface area contributed by atoms with E-state index in [4.69, 9.17) is 20.6 Å². The molecule has 4 N–H and O–H groups in total. The van der Waals surface area contributed by atoms with Gasteiger partial charge in [-0.15, -0.1) is 0 Å². The van der Waals surface area contributed by atoms with Crippen LogP contribution in [-0.4, -0.2) is 62.4 Å². The quantitative estimate of drug-likeness (QED) is 0.447. The second kappa shape index (κ2) is 8.52. The molecule has 0 aliphatic carbocycles. The number of ether oxygens (including phenoxy) is 2. The Morgan fingerprint density at radius 2 is 2.05 bits per heavy atom. The van der Waals surface area contributed by atoms with Crippen molar-refractivity contribution in [2.24, 2.45) is 5.73 Å². The summed E-state index contributed by atoms with van der Waals surface area (Å²) < 4.78 is 10.5. The molecule has 0 fully saturated rings. The molecule has 0 spiro atoms. The summed E-state index contributed by atoms with van der Waals surface area (Å²) in [5.41, 5.74) is 6.05. The van der Waals surface area contributed by atoms with E-state index in [2.05, 4.69) is 0 Å². The Morgan fingerprint density at radius 3 is 2.60 bits per heavy atom. The van der Waals surface area contributed by atoms with Crippen molar-refractivity contribution in [3.8, 4) is 5.75 Å². The van der Waals surface area contributed by atoms with Crippen LogP contribution in [0.3, 0.4) is 0 Å². The van der Waals surface area contributed by atoms with Gasteiger partial charge in [-0.2, -0.15) is 0 Å². The maximum Gasteiger partial charge on any atom is 0.122 e. The minimum Gasteiger partial charge on any atom is -0.492 e. The number of nitrogens with one attached hydrogen (secondary N) is 1. The first-order chi connectivity index (χ1) is 9.52. The zero-order valence-corrected chi connectivity index (χ0v) is 12.0. The van der Waals surface area contributed by atoms with Gasteiger partial charge in [-0.25, -0.2) is 0 Å². The number of aliphatic hydroxyl groups excluding tert-OH is 1. The van der Waals surface area contributed by atoms with E-state index in [-0.39, 0.29) is 5.84 Å². The third kappa shape index (κ3) is 6.01. The monoisotopic (exact) mass is 281 g/mol. The van der Waals surface area contributed by atoms with Crippen LogP contribution >= 0.6 is 0 Å². The van der Waals surface area contributed by atoms with E-state index in [9.17, 15) is 5.11 Å². The lowest BCUT2D eigenvalue weighted by molar-refractivity contribution is 0.0410. The SMILES string of the molecule is COCC(O)CN(C)CCOc1ccc(C(=N)N)cc1. The van der Waals surface area contributed by atoms with Gasteiger partial charge >= 0.3 is 0 Å². The molecule has 0 saturated heterocycles. The lowest BCUT2D eigenvalue weighted by Gasteiger charge is -2.20. The number of nitrogens with zero attached hydrogens (tertiary/aromatic N) is 1. The highest BCUT2D eigenvalue weighted by atomic mass is 16.5. The van der Waals surface area contributed by atoms with E-state index in [0.717, 1.165) is 5.75 Å². The normalized spacial score (nSPS) is 12.4. The number of aliphatic hydroxyl groups is 1. The number of hydrogen-bond acceptors (Lipinski definition) is 5. The zero-order chi connectivity index (χ0) is 15.0. The number of hydrogen-bond donors (Lipinski definition) is 3. The molecular formula is C14H23N3O3. The van der Waals surface area contributed by atoms with Crippen LogP contribution in [0.2, 0.25) is 0 Å². The lowest BCUT2D eigenvalue weighted by Crippen LogP contribution is -2.34. The van der Waals surface area contributed by atoms with Crippen LogP contribution in [0.1, 0.15) is 5.56 Å². The fourth-order valence-corrected chi connectivity index (χ4v) is 1.75. The summed E-state index contributed by atoms with van der Waals surface area (Å²) in [4.78, 5) is 1.98. The maximum atomic E-state index is 9.58. The lowest BCUT2D eigenvalue weighted by atomic mass is 10.2. The zero-order valence-electron chi connectivity index (χ0n) is 12.0. The van der Waals surface area contributed by atoms with Gasteiger partial charge in [0.15, 0.2) is 0 Å². The summed E-state index contributed by atoms with van der Waals surface area (Å²) in [7, 11) is 3.48. The minimum absolute atomic E-state index is 0.0448. The summed E-state index contributed by atoms with van der Waals surface area (Å²) in [6.07, 6.45) is -0.486. The molecule has 1 aromatic carbocycles. The molecule has 20 heavy (non-hydrogen) atoms. The molecule has 1 rings (SSSR count). The number of rotatable bonds is 9. The fourth-order valence-electron chi connectivity index (χ4n) is 1.75. The molecule has 0 aromatic heterocycles. The molecule has 0 saturated carbocycles. The number of benzene rings is 1. The van der Waals surface area contributed by atoms with Crippen molar-refractivity contribution in [2.75, 3.05) is 40.5 Å². The highest BCUT2D eigenvalue weighted by Crippen LogP contribution is 2.11. The number of nitrogens with two attached hydrogens (primary N) is 1. The second-order valence-corrected chi connectivity index (χ2v) is 4.66. The third-order valence-electron chi connectivity index (χ3n) is 2.79. The van der Waals surface area contributed by atoms with Crippen LogP contribution < -0.4 is 10.5 Å².